The van der Waals surface area contributed by atoms with Crippen LogP contribution in [0.5, 0.6) is 0 Å². The topological polar surface area (TPSA) is 37.8 Å². The lowest BCUT2D eigenvalue weighted by atomic mass is 10.4. The number of hydrogen-bond donors (Lipinski definition) is 1. The van der Waals surface area contributed by atoms with Crippen molar-refractivity contribution in [2.24, 2.45) is 0 Å². The van der Waals surface area contributed by atoms with Crippen molar-refractivity contribution in [3.05, 3.63) is 40.2 Å². The monoisotopic (exact) mass is 223 g/mol. The first kappa shape index (κ1) is 10.0. The number of aryl methyl sites for hydroxylation is 1. The summed E-state index contributed by atoms with van der Waals surface area (Å²) in [5.74, 6) is -0.0107. The van der Waals surface area contributed by atoms with E-state index in [9.17, 15) is 4.39 Å². The predicted octanol–water partition coefficient (Wildman–Crippen LogP) is 2.60. The van der Waals surface area contributed by atoms with Crippen LogP contribution < -0.4 is 5.32 Å². The molecule has 5 heteroatoms. The molecule has 0 radical (unpaired) electrons. The summed E-state index contributed by atoms with van der Waals surface area (Å²) in [5, 5.41) is 3.03. The van der Waals surface area contributed by atoms with E-state index in [2.05, 4.69) is 28.3 Å². The quantitative estimate of drug-likeness (QED) is 0.813. The van der Waals surface area contributed by atoms with Gasteiger partial charge in [0, 0.05) is 15.8 Å². The van der Waals surface area contributed by atoms with Crippen molar-refractivity contribution in [1.82, 2.24) is 9.97 Å². The minimum atomic E-state index is -0.519. The minimum absolute atomic E-state index is 0.508. The van der Waals surface area contributed by atoms with E-state index in [-0.39, 0.29) is 0 Å². The Morgan fingerprint density at radius 3 is 2.93 bits per heavy atom. The first-order valence-corrected chi connectivity index (χ1v) is 5.32. The lowest BCUT2D eigenvalue weighted by Crippen LogP contribution is -2.00. The van der Waals surface area contributed by atoms with Gasteiger partial charge in [0.25, 0.3) is 0 Å². The van der Waals surface area contributed by atoms with Crippen LogP contribution in [0.25, 0.3) is 0 Å². The van der Waals surface area contributed by atoms with Crippen molar-refractivity contribution in [1.29, 1.82) is 0 Å². The summed E-state index contributed by atoms with van der Waals surface area (Å²) < 4.78 is 12.7. The maximum Gasteiger partial charge on any atom is 0.217 e. The van der Waals surface area contributed by atoms with Crippen molar-refractivity contribution in [2.45, 2.75) is 13.5 Å². The van der Waals surface area contributed by atoms with Crippen LogP contribution >= 0.6 is 11.3 Å². The van der Waals surface area contributed by atoms with Crippen molar-refractivity contribution in [3.8, 4) is 0 Å². The second kappa shape index (κ2) is 4.35. The lowest BCUT2D eigenvalue weighted by molar-refractivity contribution is 0.580. The summed E-state index contributed by atoms with van der Waals surface area (Å²) in [6, 6.07) is 5.38. The number of halogens is 1. The molecule has 15 heavy (non-hydrogen) atoms. The normalized spacial score (nSPS) is 10.3. The van der Waals surface area contributed by atoms with Crippen LogP contribution in [0.4, 0.5) is 10.2 Å². The average Bonchev–Trinajstić information content (AvgIpc) is 2.62. The number of hydrogen-bond acceptors (Lipinski definition) is 4. The fourth-order valence-corrected chi connectivity index (χ4v) is 2.02. The fourth-order valence-electron chi connectivity index (χ4n) is 1.19. The Balaban J connectivity index is 1.99. The second-order valence-corrected chi connectivity index (χ2v) is 4.46. The Labute approximate surface area is 91.0 Å². The molecule has 0 aliphatic rings. The average molecular weight is 223 g/mol. The molecule has 78 valence electrons. The van der Waals surface area contributed by atoms with Gasteiger partial charge in [0.2, 0.25) is 5.95 Å². The smallest absolute Gasteiger partial charge is 0.217 e. The van der Waals surface area contributed by atoms with Gasteiger partial charge in [-0.3, -0.25) is 0 Å². The largest absolute Gasteiger partial charge is 0.365 e. The standard InChI is InChI=1S/C10H10FN3S/c1-7-2-3-8(15-7)5-12-10-4-9(11)13-6-14-10/h2-4,6H,5H2,1H3,(H,12,13,14). The molecule has 0 aliphatic carbocycles. The second-order valence-electron chi connectivity index (χ2n) is 3.09. The summed E-state index contributed by atoms with van der Waals surface area (Å²) in [7, 11) is 0. The van der Waals surface area contributed by atoms with Crippen LogP contribution in [0.15, 0.2) is 24.5 Å². The van der Waals surface area contributed by atoms with E-state index in [1.165, 1.54) is 22.1 Å². The number of nitrogens with one attached hydrogen (secondary N) is 1. The highest BCUT2D eigenvalue weighted by Gasteiger charge is 1.99. The molecule has 0 atom stereocenters. The van der Waals surface area contributed by atoms with Gasteiger partial charge in [-0.05, 0) is 19.1 Å². The SMILES string of the molecule is Cc1ccc(CNc2cc(F)ncn2)s1. The van der Waals surface area contributed by atoms with E-state index in [4.69, 9.17) is 0 Å². The Kier molecular flexibility index (Phi) is 2.91. The molecule has 0 spiro atoms. The van der Waals surface area contributed by atoms with Crippen molar-refractivity contribution < 1.29 is 4.39 Å². The van der Waals surface area contributed by atoms with E-state index in [0.29, 0.717) is 12.4 Å². The third-order valence-corrected chi connectivity index (χ3v) is 2.87. The van der Waals surface area contributed by atoms with Crippen LogP contribution in [-0.2, 0) is 6.54 Å². The maximum absolute atomic E-state index is 12.7. The number of aromatic nitrogens is 2. The molecule has 2 rings (SSSR count). The molecule has 0 saturated heterocycles. The first-order chi connectivity index (χ1) is 7.24. The summed E-state index contributed by atoms with van der Waals surface area (Å²) in [6.07, 6.45) is 1.21. The van der Waals surface area contributed by atoms with Crippen LogP contribution in [0.1, 0.15) is 9.75 Å². The van der Waals surface area contributed by atoms with E-state index < -0.39 is 5.95 Å². The minimum Gasteiger partial charge on any atom is -0.365 e. The summed E-state index contributed by atoms with van der Waals surface area (Å²) in [5.41, 5.74) is 0. The lowest BCUT2D eigenvalue weighted by Gasteiger charge is -2.02. The Morgan fingerprint density at radius 2 is 2.27 bits per heavy atom. The van der Waals surface area contributed by atoms with E-state index in [1.807, 2.05) is 6.07 Å². The summed E-state index contributed by atoms with van der Waals surface area (Å²) in [4.78, 5) is 9.75. The van der Waals surface area contributed by atoms with Gasteiger partial charge < -0.3 is 5.32 Å². The molecule has 0 amide bonds. The van der Waals surface area contributed by atoms with Gasteiger partial charge in [-0.15, -0.1) is 11.3 Å². The van der Waals surface area contributed by atoms with Gasteiger partial charge in [0.15, 0.2) is 0 Å². The van der Waals surface area contributed by atoms with Gasteiger partial charge >= 0.3 is 0 Å². The van der Waals surface area contributed by atoms with Crippen molar-refractivity contribution >= 4 is 17.2 Å². The van der Waals surface area contributed by atoms with Crippen molar-refractivity contribution in [2.75, 3.05) is 5.32 Å². The highest BCUT2D eigenvalue weighted by atomic mass is 32.1. The molecule has 0 unspecified atom stereocenters. The Hall–Kier alpha value is -1.49. The van der Waals surface area contributed by atoms with Gasteiger partial charge in [-0.2, -0.15) is 4.39 Å². The molecule has 2 aromatic rings. The highest BCUT2D eigenvalue weighted by Crippen LogP contribution is 2.16. The van der Waals surface area contributed by atoms with Crippen LogP contribution in [0.3, 0.4) is 0 Å². The molecule has 0 saturated carbocycles. The molecule has 0 aliphatic heterocycles. The number of anilines is 1. The van der Waals surface area contributed by atoms with Crippen LogP contribution in [0, 0.1) is 12.9 Å². The van der Waals surface area contributed by atoms with Gasteiger partial charge in [-0.1, -0.05) is 0 Å². The zero-order chi connectivity index (χ0) is 10.7. The van der Waals surface area contributed by atoms with Gasteiger partial charge in [0.1, 0.15) is 12.1 Å². The highest BCUT2D eigenvalue weighted by molar-refractivity contribution is 7.11. The molecule has 0 fully saturated rings. The Morgan fingerprint density at radius 1 is 1.40 bits per heavy atom. The number of thiophene rings is 1. The molecule has 3 nitrogen and oxygen atoms in total. The zero-order valence-electron chi connectivity index (χ0n) is 8.20. The molecule has 1 N–H and O–H groups in total. The third-order valence-electron chi connectivity index (χ3n) is 1.87. The molecule has 2 heterocycles. The van der Waals surface area contributed by atoms with Gasteiger partial charge in [0.05, 0.1) is 6.54 Å². The molecular weight excluding hydrogens is 213 g/mol. The van der Waals surface area contributed by atoms with E-state index in [0.717, 1.165) is 0 Å². The number of nitrogens with zero attached hydrogens (tertiary/aromatic N) is 2. The first-order valence-electron chi connectivity index (χ1n) is 4.51. The van der Waals surface area contributed by atoms with Crippen LogP contribution in [0.2, 0.25) is 0 Å². The fraction of sp³-hybridized carbons (Fsp3) is 0.200. The summed E-state index contributed by atoms with van der Waals surface area (Å²) >= 11 is 1.71. The zero-order valence-corrected chi connectivity index (χ0v) is 9.01. The predicted molar refractivity (Wildman–Crippen MR) is 58.4 cm³/mol. The molecule has 0 bridgehead atoms. The maximum atomic E-state index is 12.7. The van der Waals surface area contributed by atoms with Crippen LogP contribution in [-0.4, -0.2) is 9.97 Å². The molecule has 2 aromatic heterocycles. The summed E-state index contributed by atoms with van der Waals surface area (Å²) in [6.45, 7) is 2.72. The van der Waals surface area contributed by atoms with E-state index in [1.54, 1.807) is 11.3 Å². The van der Waals surface area contributed by atoms with E-state index >= 15 is 0 Å². The van der Waals surface area contributed by atoms with Gasteiger partial charge in [-0.25, -0.2) is 9.97 Å². The molecular formula is C10H10FN3S. The van der Waals surface area contributed by atoms with Crippen molar-refractivity contribution in [3.63, 3.8) is 0 Å². The Bertz CT molecular complexity index is 455. The number of rotatable bonds is 3. The third kappa shape index (κ3) is 2.73. The molecule has 0 aromatic carbocycles.